The second-order valence-electron chi connectivity index (χ2n) is 5.13. The van der Waals surface area contributed by atoms with Crippen LogP contribution in [-0.2, 0) is 5.54 Å². The average molecular weight is 248 g/mol. The lowest BCUT2D eigenvalue weighted by atomic mass is 9.80. The van der Waals surface area contributed by atoms with Gasteiger partial charge >= 0.3 is 0 Å². The van der Waals surface area contributed by atoms with E-state index in [-0.39, 0.29) is 5.54 Å². The van der Waals surface area contributed by atoms with Crippen molar-refractivity contribution in [2.24, 2.45) is 0 Å². The van der Waals surface area contributed by atoms with Crippen molar-refractivity contribution in [2.75, 3.05) is 33.8 Å². The molecule has 1 N–H and O–H groups in total. The first kappa shape index (κ1) is 13.4. The third kappa shape index (κ3) is 2.52. The highest BCUT2D eigenvalue weighted by Crippen LogP contribution is 2.36. The molecule has 1 aromatic carbocycles. The van der Waals surface area contributed by atoms with Crippen molar-refractivity contribution in [3.63, 3.8) is 0 Å². The van der Waals surface area contributed by atoms with Crippen molar-refractivity contribution >= 4 is 0 Å². The molecule has 1 aromatic rings. The van der Waals surface area contributed by atoms with Crippen LogP contribution >= 0.6 is 0 Å². The fourth-order valence-electron chi connectivity index (χ4n) is 2.86. The smallest absolute Gasteiger partial charge is 0.119 e. The van der Waals surface area contributed by atoms with E-state index in [1.807, 2.05) is 6.92 Å². The Hall–Kier alpha value is -1.06. The molecule has 0 spiro atoms. The molecule has 0 bridgehead atoms. The fraction of sp³-hybridized carbons (Fsp3) is 0.600. The van der Waals surface area contributed by atoms with Crippen LogP contribution in [0.4, 0.5) is 0 Å². The highest BCUT2D eigenvalue weighted by atomic mass is 16.5. The van der Waals surface area contributed by atoms with Gasteiger partial charge in [0.1, 0.15) is 5.75 Å². The van der Waals surface area contributed by atoms with E-state index in [1.165, 1.54) is 5.56 Å². The minimum Gasteiger partial charge on any atom is -0.494 e. The number of piperidine rings is 1. The molecular formula is C15H24N2O. The van der Waals surface area contributed by atoms with Crippen LogP contribution in [0, 0.1) is 0 Å². The van der Waals surface area contributed by atoms with Gasteiger partial charge < -0.3 is 10.1 Å². The van der Waals surface area contributed by atoms with Crippen LogP contribution in [0.3, 0.4) is 0 Å². The van der Waals surface area contributed by atoms with Gasteiger partial charge in [0, 0.05) is 5.54 Å². The standard InChI is InChI=1S/C15H24N2O/c1-4-18-14-7-5-13(6-8-14)15(17(2)3)9-11-16-12-10-15/h5-8,16H,4,9-12H2,1-3H3. The Kier molecular flexibility index (Phi) is 4.25. The highest BCUT2D eigenvalue weighted by molar-refractivity contribution is 5.32. The monoisotopic (exact) mass is 248 g/mol. The van der Waals surface area contributed by atoms with E-state index in [4.69, 9.17) is 4.74 Å². The molecule has 1 aliphatic heterocycles. The zero-order chi connectivity index (χ0) is 13.0. The second-order valence-corrected chi connectivity index (χ2v) is 5.13. The van der Waals surface area contributed by atoms with E-state index in [0.717, 1.165) is 38.3 Å². The van der Waals surface area contributed by atoms with Crippen LogP contribution in [0.15, 0.2) is 24.3 Å². The Morgan fingerprint density at radius 2 is 1.78 bits per heavy atom. The van der Waals surface area contributed by atoms with E-state index in [1.54, 1.807) is 0 Å². The molecule has 0 saturated carbocycles. The number of rotatable bonds is 4. The van der Waals surface area contributed by atoms with Gasteiger partial charge in [-0.2, -0.15) is 0 Å². The Morgan fingerprint density at radius 1 is 1.17 bits per heavy atom. The zero-order valence-electron chi connectivity index (χ0n) is 11.7. The van der Waals surface area contributed by atoms with E-state index < -0.39 is 0 Å². The summed E-state index contributed by atoms with van der Waals surface area (Å²) in [6.45, 7) is 4.92. The molecule has 0 aromatic heterocycles. The number of benzene rings is 1. The molecule has 18 heavy (non-hydrogen) atoms. The minimum atomic E-state index is 0.177. The number of nitrogens with one attached hydrogen (secondary N) is 1. The molecule has 100 valence electrons. The second kappa shape index (κ2) is 5.72. The molecule has 0 atom stereocenters. The van der Waals surface area contributed by atoms with Crippen molar-refractivity contribution in [1.82, 2.24) is 10.2 Å². The summed E-state index contributed by atoms with van der Waals surface area (Å²) in [4.78, 5) is 2.36. The van der Waals surface area contributed by atoms with Crippen LogP contribution in [0.2, 0.25) is 0 Å². The van der Waals surface area contributed by atoms with Gasteiger partial charge in [-0.05, 0) is 64.6 Å². The molecule has 0 aliphatic carbocycles. The molecule has 0 unspecified atom stereocenters. The fourth-order valence-corrected chi connectivity index (χ4v) is 2.86. The SMILES string of the molecule is CCOc1ccc(C2(N(C)C)CCNCC2)cc1. The number of hydrogen-bond acceptors (Lipinski definition) is 3. The Balaban J connectivity index is 2.25. The van der Waals surface area contributed by atoms with Gasteiger partial charge in [-0.15, -0.1) is 0 Å². The van der Waals surface area contributed by atoms with Crippen molar-refractivity contribution in [2.45, 2.75) is 25.3 Å². The third-order valence-corrected chi connectivity index (χ3v) is 3.99. The lowest BCUT2D eigenvalue weighted by molar-refractivity contribution is 0.107. The van der Waals surface area contributed by atoms with E-state index in [2.05, 4.69) is 48.6 Å². The maximum absolute atomic E-state index is 5.52. The Labute approximate surface area is 110 Å². The van der Waals surface area contributed by atoms with Gasteiger partial charge in [-0.1, -0.05) is 12.1 Å². The van der Waals surface area contributed by atoms with Crippen molar-refractivity contribution in [3.05, 3.63) is 29.8 Å². The van der Waals surface area contributed by atoms with E-state index in [0.29, 0.717) is 0 Å². The van der Waals surface area contributed by atoms with Crippen molar-refractivity contribution in [1.29, 1.82) is 0 Å². The summed E-state index contributed by atoms with van der Waals surface area (Å²) in [5, 5.41) is 3.44. The predicted molar refractivity (Wildman–Crippen MR) is 75.1 cm³/mol. The molecular weight excluding hydrogens is 224 g/mol. The average Bonchev–Trinajstić information content (AvgIpc) is 2.40. The molecule has 1 fully saturated rings. The summed E-state index contributed by atoms with van der Waals surface area (Å²) in [5.74, 6) is 0.962. The van der Waals surface area contributed by atoms with Crippen LogP contribution < -0.4 is 10.1 Å². The molecule has 0 amide bonds. The molecule has 1 saturated heterocycles. The first-order valence-electron chi connectivity index (χ1n) is 6.80. The maximum Gasteiger partial charge on any atom is 0.119 e. The molecule has 3 heteroatoms. The number of hydrogen-bond donors (Lipinski definition) is 1. The number of ether oxygens (including phenoxy) is 1. The van der Waals surface area contributed by atoms with Gasteiger partial charge in [0.2, 0.25) is 0 Å². The van der Waals surface area contributed by atoms with Crippen molar-refractivity contribution in [3.8, 4) is 5.75 Å². The van der Waals surface area contributed by atoms with Crippen LogP contribution in [-0.4, -0.2) is 38.7 Å². The summed E-state index contributed by atoms with van der Waals surface area (Å²) in [7, 11) is 4.36. The first-order chi connectivity index (χ1) is 8.69. The van der Waals surface area contributed by atoms with Gasteiger partial charge in [-0.25, -0.2) is 0 Å². The summed E-state index contributed by atoms with van der Waals surface area (Å²) >= 11 is 0. The predicted octanol–water partition coefficient (Wildman–Crippen LogP) is 2.23. The van der Waals surface area contributed by atoms with Crippen LogP contribution in [0.1, 0.15) is 25.3 Å². The summed E-state index contributed by atoms with van der Waals surface area (Å²) in [5.41, 5.74) is 1.58. The van der Waals surface area contributed by atoms with Gasteiger partial charge in [0.25, 0.3) is 0 Å². The quantitative estimate of drug-likeness (QED) is 0.884. The lowest BCUT2D eigenvalue weighted by Crippen LogP contribution is -2.49. The van der Waals surface area contributed by atoms with Crippen LogP contribution in [0.25, 0.3) is 0 Å². The highest BCUT2D eigenvalue weighted by Gasteiger charge is 2.35. The molecule has 2 rings (SSSR count). The summed E-state index contributed by atoms with van der Waals surface area (Å²) in [6, 6.07) is 8.62. The topological polar surface area (TPSA) is 24.5 Å². The first-order valence-corrected chi connectivity index (χ1v) is 6.80. The molecule has 1 aliphatic rings. The lowest BCUT2D eigenvalue weighted by Gasteiger charge is -2.43. The zero-order valence-corrected chi connectivity index (χ0v) is 11.7. The summed E-state index contributed by atoms with van der Waals surface area (Å²) in [6.07, 6.45) is 2.32. The summed E-state index contributed by atoms with van der Waals surface area (Å²) < 4.78 is 5.52. The molecule has 0 radical (unpaired) electrons. The van der Waals surface area contributed by atoms with Gasteiger partial charge in [0.15, 0.2) is 0 Å². The number of nitrogens with zero attached hydrogens (tertiary/aromatic N) is 1. The van der Waals surface area contributed by atoms with E-state index in [9.17, 15) is 0 Å². The van der Waals surface area contributed by atoms with Crippen molar-refractivity contribution < 1.29 is 4.74 Å². The minimum absolute atomic E-state index is 0.177. The van der Waals surface area contributed by atoms with Crippen LogP contribution in [0.5, 0.6) is 5.75 Å². The van der Waals surface area contributed by atoms with Gasteiger partial charge in [-0.3, -0.25) is 4.90 Å². The third-order valence-electron chi connectivity index (χ3n) is 3.99. The normalized spacial score (nSPS) is 18.9. The largest absolute Gasteiger partial charge is 0.494 e. The molecule has 3 nitrogen and oxygen atoms in total. The maximum atomic E-state index is 5.52. The molecule has 1 heterocycles. The Morgan fingerprint density at radius 3 is 2.28 bits per heavy atom. The Bertz CT molecular complexity index is 367. The van der Waals surface area contributed by atoms with Gasteiger partial charge in [0.05, 0.1) is 6.61 Å². The van der Waals surface area contributed by atoms with E-state index >= 15 is 0 Å².